The third-order valence-corrected chi connectivity index (χ3v) is 8.31. The Kier molecular flexibility index (Phi) is 4.71. The molecule has 0 spiro atoms. The average molecular weight is 497 g/mol. The van der Waals surface area contributed by atoms with Gasteiger partial charge in [0.05, 0.1) is 22.6 Å². The lowest BCUT2D eigenvalue weighted by Gasteiger charge is -2.51. The first-order valence-corrected chi connectivity index (χ1v) is 12.6. The van der Waals surface area contributed by atoms with Crippen molar-refractivity contribution in [2.24, 2.45) is 0 Å². The lowest BCUT2D eigenvalue weighted by Crippen LogP contribution is -2.63. The summed E-state index contributed by atoms with van der Waals surface area (Å²) >= 11 is 0. The average Bonchev–Trinajstić information content (AvgIpc) is 3.44. The van der Waals surface area contributed by atoms with Gasteiger partial charge < -0.3 is 29.6 Å². The predicted octanol–water partition coefficient (Wildman–Crippen LogP) is 4.24. The van der Waals surface area contributed by atoms with E-state index in [1.54, 1.807) is 19.1 Å². The van der Waals surface area contributed by atoms with Crippen LogP contribution in [0.5, 0.6) is 0 Å². The number of ether oxygens (including phenoxy) is 2. The maximum absolute atomic E-state index is 13.3. The second-order valence-corrected chi connectivity index (χ2v) is 10.3. The minimum Gasteiger partial charge on any atom is -0.374 e. The summed E-state index contributed by atoms with van der Waals surface area (Å²) in [7, 11) is 3.45. The van der Waals surface area contributed by atoms with Crippen LogP contribution >= 0.6 is 0 Å². The highest BCUT2D eigenvalue weighted by Gasteiger charge is 2.51. The van der Waals surface area contributed by atoms with Crippen molar-refractivity contribution in [3.05, 3.63) is 65.7 Å². The van der Waals surface area contributed by atoms with E-state index in [4.69, 9.17) is 9.47 Å². The number of hydrogen-bond donors (Lipinski definition) is 2. The molecule has 3 aliphatic heterocycles. The number of para-hydroxylation sites is 2. The molecule has 2 amide bonds. The number of nitrogens with one attached hydrogen (secondary N) is 2. The topological polar surface area (TPSA) is 84.8 Å². The molecular formula is C29H28N4O4. The smallest absolute Gasteiger partial charge is 0.252 e. The van der Waals surface area contributed by atoms with Gasteiger partial charge in [-0.25, -0.2) is 0 Å². The molecule has 1 saturated heterocycles. The first-order valence-electron chi connectivity index (χ1n) is 12.6. The summed E-state index contributed by atoms with van der Waals surface area (Å²) in [5.41, 5.74) is 5.60. The number of methoxy groups -OCH3 is 1. The van der Waals surface area contributed by atoms with E-state index in [2.05, 4.69) is 39.5 Å². The van der Waals surface area contributed by atoms with Crippen molar-refractivity contribution in [2.45, 2.75) is 44.0 Å². The fourth-order valence-electron chi connectivity index (χ4n) is 6.73. The highest BCUT2D eigenvalue weighted by molar-refractivity contribution is 6.21. The Hall–Kier alpha value is -3.88. The van der Waals surface area contributed by atoms with Crippen LogP contribution in [-0.2, 0) is 20.8 Å². The summed E-state index contributed by atoms with van der Waals surface area (Å²) < 4.78 is 15.1. The van der Waals surface area contributed by atoms with Crippen LogP contribution < -0.4 is 10.6 Å². The third kappa shape index (κ3) is 2.97. The van der Waals surface area contributed by atoms with Crippen LogP contribution in [0.25, 0.3) is 32.9 Å². The number of likely N-dealkylation sites (N-methyl/N-ethyl adjacent to an activating group) is 1. The third-order valence-electron chi connectivity index (χ3n) is 8.31. The fourth-order valence-corrected chi connectivity index (χ4v) is 6.73. The van der Waals surface area contributed by atoms with Gasteiger partial charge in [-0.05, 0) is 36.2 Å². The molecule has 3 aliphatic rings. The van der Waals surface area contributed by atoms with E-state index in [1.807, 2.05) is 37.3 Å². The molecule has 4 bridgehead atoms. The van der Waals surface area contributed by atoms with Gasteiger partial charge in [0.25, 0.3) is 5.91 Å². The van der Waals surface area contributed by atoms with Crippen LogP contribution in [0.15, 0.2) is 54.6 Å². The first-order chi connectivity index (χ1) is 17.9. The molecule has 4 unspecified atom stereocenters. The Morgan fingerprint density at radius 1 is 1.14 bits per heavy atom. The molecule has 0 radical (unpaired) electrons. The number of carbonyl (C=O) groups excluding carboxylic acids is 2. The Labute approximate surface area is 214 Å². The van der Waals surface area contributed by atoms with Crippen molar-refractivity contribution >= 4 is 39.8 Å². The number of benzene rings is 3. The quantitative estimate of drug-likeness (QED) is 0.415. The van der Waals surface area contributed by atoms with Crippen molar-refractivity contribution in [3.8, 4) is 11.1 Å². The van der Waals surface area contributed by atoms with Gasteiger partial charge in [-0.3, -0.25) is 9.59 Å². The minimum atomic E-state index is -0.957. The molecular weight excluding hydrogens is 468 g/mol. The molecule has 2 N–H and O–H groups in total. The molecule has 1 fully saturated rings. The van der Waals surface area contributed by atoms with E-state index in [1.165, 1.54) is 0 Å². The second kappa shape index (κ2) is 7.81. The number of carbonyl (C=O) groups is 2. The Morgan fingerprint density at radius 3 is 2.73 bits per heavy atom. The monoisotopic (exact) mass is 496 g/mol. The molecule has 4 aromatic rings. The maximum atomic E-state index is 13.3. The van der Waals surface area contributed by atoms with Gasteiger partial charge in [-0.15, -0.1) is 0 Å². The van der Waals surface area contributed by atoms with Crippen LogP contribution in [-0.4, -0.2) is 53.8 Å². The van der Waals surface area contributed by atoms with Crippen LogP contribution in [0.1, 0.15) is 35.5 Å². The van der Waals surface area contributed by atoms with Crippen LogP contribution in [0.3, 0.4) is 0 Å². The minimum absolute atomic E-state index is 0.0559. The number of fused-ring (bicyclic) bond motifs is 12. The Morgan fingerprint density at radius 2 is 1.92 bits per heavy atom. The zero-order valence-corrected chi connectivity index (χ0v) is 20.9. The van der Waals surface area contributed by atoms with E-state index in [0.29, 0.717) is 13.0 Å². The van der Waals surface area contributed by atoms with Crippen molar-refractivity contribution in [3.63, 3.8) is 0 Å². The normalized spacial score (nSPS) is 25.9. The molecule has 188 valence electrons. The molecule has 4 atom stereocenters. The lowest BCUT2D eigenvalue weighted by molar-refractivity contribution is -0.219. The molecule has 3 aromatic carbocycles. The molecule has 0 aliphatic carbocycles. The largest absolute Gasteiger partial charge is 0.374 e. The number of rotatable bonds is 3. The lowest BCUT2D eigenvalue weighted by atomic mass is 9.89. The van der Waals surface area contributed by atoms with E-state index < -0.39 is 18.1 Å². The van der Waals surface area contributed by atoms with Gasteiger partial charge in [0, 0.05) is 49.1 Å². The first kappa shape index (κ1) is 22.3. The zero-order valence-electron chi connectivity index (χ0n) is 20.9. The Balaban J connectivity index is 1.64. The van der Waals surface area contributed by atoms with Crippen molar-refractivity contribution in [1.29, 1.82) is 0 Å². The van der Waals surface area contributed by atoms with Gasteiger partial charge in [-0.2, -0.15) is 0 Å². The number of amides is 2. The van der Waals surface area contributed by atoms with E-state index >= 15 is 0 Å². The Bertz CT molecular complexity index is 1610. The van der Waals surface area contributed by atoms with E-state index in [0.717, 1.165) is 56.2 Å². The van der Waals surface area contributed by atoms with Gasteiger partial charge in [0.15, 0.2) is 5.72 Å². The summed E-state index contributed by atoms with van der Waals surface area (Å²) in [6.45, 7) is 2.47. The summed E-state index contributed by atoms with van der Waals surface area (Å²) in [5, 5.41) is 8.68. The highest BCUT2D eigenvalue weighted by atomic mass is 16.6. The SMILES string of the molecule is COC1C(N(C)C=O)CC2OC1(C)Nc1ccccc1-c1cc3c(c4c1CNC4=O)c1ccccc1n32. The molecule has 1 aromatic heterocycles. The standard InChI is InChI=1S/C29H28N4O4/c1-29-27(36-3)23(32(2)15-34)13-24(37-29)33-21-11-7-5-9-17(21)25-22(33)12-18(19-14-30-28(35)26(19)25)16-8-4-6-10-20(16)31-29/h4-12,15,23-24,27,31H,13-14H2,1-3H3,(H,30,35). The van der Waals surface area contributed by atoms with Crippen molar-refractivity contribution < 1.29 is 19.1 Å². The molecule has 0 saturated carbocycles. The summed E-state index contributed by atoms with van der Waals surface area (Å²) in [6, 6.07) is 18.2. The number of aromatic nitrogens is 1. The zero-order chi connectivity index (χ0) is 25.5. The molecule has 8 nitrogen and oxygen atoms in total. The summed E-state index contributed by atoms with van der Waals surface area (Å²) in [6.07, 6.45) is 0.523. The van der Waals surface area contributed by atoms with Gasteiger partial charge in [-0.1, -0.05) is 36.4 Å². The highest BCUT2D eigenvalue weighted by Crippen LogP contribution is 2.48. The van der Waals surface area contributed by atoms with Crippen LogP contribution in [0.2, 0.25) is 0 Å². The maximum Gasteiger partial charge on any atom is 0.252 e. The van der Waals surface area contributed by atoms with Gasteiger partial charge in [0.1, 0.15) is 12.3 Å². The predicted molar refractivity (Wildman–Crippen MR) is 141 cm³/mol. The van der Waals surface area contributed by atoms with Crippen LogP contribution in [0.4, 0.5) is 5.69 Å². The fraction of sp³-hybridized carbons (Fsp3) is 0.310. The van der Waals surface area contributed by atoms with Crippen LogP contribution in [0, 0.1) is 0 Å². The molecule has 37 heavy (non-hydrogen) atoms. The van der Waals surface area contributed by atoms with Gasteiger partial charge in [0.2, 0.25) is 6.41 Å². The summed E-state index contributed by atoms with van der Waals surface area (Å²) in [5.74, 6) is -0.0559. The van der Waals surface area contributed by atoms with Crippen molar-refractivity contribution in [1.82, 2.24) is 14.8 Å². The number of hydrogen-bond acceptors (Lipinski definition) is 5. The summed E-state index contributed by atoms with van der Waals surface area (Å²) in [4.78, 5) is 26.9. The van der Waals surface area contributed by atoms with E-state index in [9.17, 15) is 9.59 Å². The molecule has 4 heterocycles. The van der Waals surface area contributed by atoms with E-state index in [-0.39, 0.29) is 11.9 Å². The number of anilines is 1. The molecule has 7 rings (SSSR count). The number of nitrogens with zero attached hydrogens (tertiary/aromatic N) is 2. The second-order valence-electron chi connectivity index (χ2n) is 10.3. The van der Waals surface area contributed by atoms with Crippen molar-refractivity contribution in [2.75, 3.05) is 19.5 Å². The molecule has 8 heteroatoms. The van der Waals surface area contributed by atoms with Gasteiger partial charge >= 0.3 is 0 Å².